The van der Waals surface area contributed by atoms with Crippen LogP contribution in [-0.4, -0.2) is 97.6 Å². The predicted octanol–water partition coefficient (Wildman–Crippen LogP) is 2.46. The lowest BCUT2D eigenvalue weighted by Gasteiger charge is -2.46. The molecule has 3 aliphatic heterocycles. The monoisotopic (exact) mass is 587 g/mol. The van der Waals surface area contributed by atoms with E-state index in [9.17, 15) is 31.8 Å². The molecular weight excluding hydrogens is 555 g/mol. The van der Waals surface area contributed by atoms with Gasteiger partial charge in [0.25, 0.3) is 0 Å². The minimum atomic E-state index is -4.84. The van der Waals surface area contributed by atoms with Gasteiger partial charge in [-0.3, -0.25) is 4.90 Å². The molecule has 5 atom stereocenters. The molecule has 2 N–H and O–H groups in total. The van der Waals surface area contributed by atoms with E-state index in [0.717, 1.165) is 0 Å². The number of alkyl halides is 3. The zero-order valence-electron chi connectivity index (χ0n) is 21.3. The summed E-state index contributed by atoms with van der Waals surface area (Å²) < 4.78 is 74.3. The standard InChI is InChI=1S/C26H32F3N3O5S2/c1-25(34,26(27,28)29)17-6-8-18(9-7-17)31-11-10-30(39(35,36)24-5-3-2-4-23(24)38)13-20(31)14-32-19-12-22(33)21(32)16-37-15-19/h2-9,19-22,33-34,38H,10-16H2,1H3/t19?,20-,21?,22?,25?/m1/s1. The number of thiol groups is 1. The van der Waals surface area contributed by atoms with Crippen molar-refractivity contribution in [2.24, 2.45) is 0 Å². The third-order valence-corrected chi connectivity index (χ3v) is 10.6. The Labute approximate surface area is 231 Å². The number of anilines is 1. The van der Waals surface area contributed by atoms with Crippen LogP contribution in [0, 0.1) is 0 Å². The molecule has 3 saturated heterocycles. The molecule has 214 valence electrons. The van der Waals surface area contributed by atoms with E-state index >= 15 is 0 Å². The third-order valence-electron chi connectivity index (χ3n) is 8.11. The van der Waals surface area contributed by atoms with Gasteiger partial charge in [0.1, 0.15) is 0 Å². The van der Waals surface area contributed by atoms with Crippen LogP contribution in [0.1, 0.15) is 18.9 Å². The molecule has 0 aliphatic carbocycles. The van der Waals surface area contributed by atoms with Gasteiger partial charge >= 0.3 is 6.18 Å². The number of morpholine rings is 1. The SMILES string of the molecule is CC(O)(c1ccc(N2CCN(S(=O)(=O)c3ccccc3S)C[C@@H]2CN2C3COCC2C(O)C3)cc1)C(F)(F)F. The Morgan fingerprint density at radius 2 is 1.77 bits per heavy atom. The first-order valence-electron chi connectivity index (χ1n) is 12.8. The number of rotatable bonds is 6. The molecule has 0 saturated carbocycles. The summed E-state index contributed by atoms with van der Waals surface area (Å²) in [7, 11) is -3.86. The second kappa shape index (κ2) is 10.5. The first-order valence-corrected chi connectivity index (χ1v) is 14.7. The van der Waals surface area contributed by atoms with Gasteiger partial charge in [0.2, 0.25) is 10.0 Å². The summed E-state index contributed by atoms with van der Waals surface area (Å²) in [5.41, 5.74) is -2.66. The highest BCUT2D eigenvalue weighted by molar-refractivity contribution is 7.90. The van der Waals surface area contributed by atoms with E-state index in [-0.39, 0.29) is 41.7 Å². The molecule has 0 spiro atoms. The molecule has 0 aromatic heterocycles. The van der Waals surface area contributed by atoms with E-state index in [4.69, 9.17) is 4.74 Å². The second-order valence-corrected chi connectivity index (χ2v) is 12.9. The smallest absolute Gasteiger partial charge is 0.391 e. The van der Waals surface area contributed by atoms with Crippen LogP contribution < -0.4 is 4.90 Å². The molecule has 0 amide bonds. The first-order chi connectivity index (χ1) is 18.3. The summed E-state index contributed by atoms with van der Waals surface area (Å²) in [4.78, 5) is 4.61. The summed E-state index contributed by atoms with van der Waals surface area (Å²) in [6.45, 7) is 2.60. The number of aliphatic hydroxyl groups is 2. The lowest BCUT2D eigenvalue weighted by Crippen LogP contribution is -2.61. The van der Waals surface area contributed by atoms with Gasteiger partial charge in [-0.2, -0.15) is 17.5 Å². The number of hydrogen-bond donors (Lipinski definition) is 3. The summed E-state index contributed by atoms with van der Waals surface area (Å²) >= 11 is 4.34. The van der Waals surface area contributed by atoms with Crippen LogP contribution in [0.3, 0.4) is 0 Å². The van der Waals surface area contributed by atoms with Gasteiger partial charge in [-0.1, -0.05) is 24.3 Å². The molecule has 2 aromatic rings. The van der Waals surface area contributed by atoms with Gasteiger partial charge in [0.05, 0.1) is 36.3 Å². The van der Waals surface area contributed by atoms with Crippen LogP contribution >= 0.6 is 12.6 Å². The van der Waals surface area contributed by atoms with Gasteiger partial charge in [0, 0.05) is 42.8 Å². The Kier molecular flexibility index (Phi) is 7.72. The van der Waals surface area contributed by atoms with Gasteiger partial charge < -0.3 is 19.8 Å². The Morgan fingerprint density at radius 3 is 2.41 bits per heavy atom. The number of ether oxygens (including phenoxy) is 1. The van der Waals surface area contributed by atoms with E-state index < -0.39 is 27.9 Å². The fourth-order valence-electron chi connectivity index (χ4n) is 5.78. The Balaban J connectivity index is 1.44. The van der Waals surface area contributed by atoms with E-state index in [0.29, 0.717) is 50.2 Å². The van der Waals surface area contributed by atoms with Crippen molar-refractivity contribution in [1.29, 1.82) is 0 Å². The van der Waals surface area contributed by atoms with Gasteiger partial charge in [0.15, 0.2) is 5.60 Å². The average Bonchev–Trinajstić information content (AvgIpc) is 3.04. The van der Waals surface area contributed by atoms with E-state index in [2.05, 4.69) is 17.5 Å². The number of sulfonamides is 1. The molecular formula is C26H32F3N3O5S2. The molecule has 13 heteroatoms. The number of aliphatic hydroxyl groups excluding tert-OH is 1. The number of hydrogen-bond acceptors (Lipinski definition) is 8. The normalized spacial score (nSPS) is 28.4. The Bertz CT molecular complexity index is 1290. The van der Waals surface area contributed by atoms with Crippen molar-refractivity contribution in [2.75, 3.05) is 44.3 Å². The molecule has 2 aromatic carbocycles. The largest absolute Gasteiger partial charge is 0.421 e. The van der Waals surface area contributed by atoms with Crippen molar-refractivity contribution in [3.63, 3.8) is 0 Å². The Hall–Kier alpha value is -1.87. The van der Waals surface area contributed by atoms with Crippen molar-refractivity contribution in [3.8, 4) is 0 Å². The second-order valence-electron chi connectivity index (χ2n) is 10.6. The maximum Gasteiger partial charge on any atom is 0.421 e. The number of fused-ring (bicyclic) bond motifs is 2. The summed E-state index contributed by atoms with van der Waals surface area (Å²) in [5.74, 6) is 0. The minimum Gasteiger partial charge on any atom is -0.391 e. The van der Waals surface area contributed by atoms with Gasteiger partial charge in [-0.25, -0.2) is 8.42 Å². The topological polar surface area (TPSA) is 93.6 Å². The highest BCUT2D eigenvalue weighted by Gasteiger charge is 2.51. The molecule has 39 heavy (non-hydrogen) atoms. The lowest BCUT2D eigenvalue weighted by molar-refractivity contribution is -0.258. The highest BCUT2D eigenvalue weighted by atomic mass is 32.2. The predicted molar refractivity (Wildman–Crippen MR) is 141 cm³/mol. The minimum absolute atomic E-state index is 0.00462. The zero-order chi connectivity index (χ0) is 28.2. The van der Waals surface area contributed by atoms with E-state index in [1.807, 2.05) is 4.90 Å². The average molecular weight is 588 g/mol. The van der Waals surface area contributed by atoms with Crippen molar-refractivity contribution < 1.29 is 36.5 Å². The summed E-state index contributed by atoms with van der Waals surface area (Å²) in [6.07, 6.45) is -4.82. The maximum absolute atomic E-state index is 13.6. The third kappa shape index (κ3) is 5.30. The quantitative estimate of drug-likeness (QED) is 0.448. The highest BCUT2D eigenvalue weighted by Crippen LogP contribution is 2.39. The number of benzene rings is 2. The van der Waals surface area contributed by atoms with Crippen molar-refractivity contribution in [2.45, 2.75) is 59.1 Å². The zero-order valence-corrected chi connectivity index (χ0v) is 23.0. The van der Waals surface area contributed by atoms with Crippen LogP contribution in [-0.2, 0) is 20.4 Å². The number of piperazine rings is 1. The summed E-state index contributed by atoms with van der Waals surface area (Å²) in [6, 6.07) is 11.5. The van der Waals surface area contributed by atoms with Crippen molar-refractivity contribution >= 4 is 28.3 Å². The first kappa shape index (κ1) is 28.7. The van der Waals surface area contributed by atoms with Crippen LogP contribution in [0.5, 0.6) is 0 Å². The van der Waals surface area contributed by atoms with Gasteiger partial charge in [-0.05, 0) is 43.2 Å². The number of halogens is 3. The molecule has 3 heterocycles. The molecule has 0 radical (unpaired) electrons. The van der Waals surface area contributed by atoms with Crippen LogP contribution in [0.2, 0.25) is 0 Å². The van der Waals surface area contributed by atoms with E-state index in [1.54, 1.807) is 18.2 Å². The van der Waals surface area contributed by atoms with Crippen molar-refractivity contribution in [1.82, 2.24) is 9.21 Å². The molecule has 3 fully saturated rings. The molecule has 3 aliphatic rings. The molecule has 4 unspecified atom stereocenters. The van der Waals surface area contributed by atoms with Crippen molar-refractivity contribution in [3.05, 3.63) is 54.1 Å². The maximum atomic E-state index is 13.6. The van der Waals surface area contributed by atoms with Crippen LogP contribution in [0.4, 0.5) is 18.9 Å². The molecule has 2 bridgehead atoms. The Morgan fingerprint density at radius 1 is 1.08 bits per heavy atom. The van der Waals surface area contributed by atoms with Crippen LogP contribution in [0.25, 0.3) is 0 Å². The molecule has 8 nitrogen and oxygen atoms in total. The lowest BCUT2D eigenvalue weighted by atomic mass is 9.95. The number of nitrogens with zero attached hydrogens (tertiary/aromatic N) is 3. The fourth-order valence-corrected chi connectivity index (χ4v) is 7.84. The van der Waals surface area contributed by atoms with Crippen LogP contribution in [0.15, 0.2) is 58.3 Å². The fraction of sp³-hybridized carbons (Fsp3) is 0.538. The summed E-state index contributed by atoms with van der Waals surface area (Å²) in [5, 5.41) is 20.6. The van der Waals surface area contributed by atoms with E-state index in [1.165, 1.54) is 34.6 Å². The van der Waals surface area contributed by atoms with Gasteiger partial charge in [-0.15, -0.1) is 12.6 Å². The molecule has 5 rings (SSSR count).